The summed E-state index contributed by atoms with van der Waals surface area (Å²) < 4.78 is 11.3. The number of morpholine rings is 1. The largest absolute Gasteiger partial charge is 0.507 e. The van der Waals surface area contributed by atoms with Gasteiger partial charge in [0.05, 0.1) is 24.8 Å². The van der Waals surface area contributed by atoms with E-state index in [1.807, 2.05) is 55.5 Å². The van der Waals surface area contributed by atoms with Crippen LogP contribution in [0.5, 0.6) is 5.75 Å². The van der Waals surface area contributed by atoms with E-state index in [1.54, 1.807) is 29.2 Å². The summed E-state index contributed by atoms with van der Waals surface area (Å²) in [5.74, 6) is -0.766. The molecule has 5 rings (SSSR count). The number of Topliss-reactive ketones (excluding diaryl/α,β-unsaturated/α-hetero) is 1. The molecule has 2 saturated heterocycles. The van der Waals surface area contributed by atoms with Crippen molar-refractivity contribution in [3.05, 3.63) is 107 Å². The molecule has 3 aromatic rings. The first-order chi connectivity index (χ1) is 19.0. The van der Waals surface area contributed by atoms with Crippen LogP contribution in [0.15, 0.2) is 84.4 Å². The molecular formula is C32H34N2O5. The molecule has 7 heteroatoms. The molecule has 0 aliphatic carbocycles. The smallest absolute Gasteiger partial charge is 0.295 e. The highest BCUT2D eigenvalue weighted by molar-refractivity contribution is 6.46. The average molecular weight is 527 g/mol. The van der Waals surface area contributed by atoms with Crippen molar-refractivity contribution in [3.8, 4) is 5.75 Å². The van der Waals surface area contributed by atoms with E-state index in [2.05, 4.69) is 11.0 Å². The van der Waals surface area contributed by atoms with Crippen LogP contribution in [0.3, 0.4) is 0 Å². The molecule has 0 aromatic heterocycles. The van der Waals surface area contributed by atoms with Gasteiger partial charge in [-0.3, -0.25) is 14.5 Å². The topological polar surface area (TPSA) is 79.3 Å². The number of aliphatic hydroxyl groups excluding tert-OH is 1. The Kier molecular flexibility index (Phi) is 8.39. The van der Waals surface area contributed by atoms with Gasteiger partial charge < -0.3 is 19.5 Å². The monoisotopic (exact) mass is 526 g/mol. The first-order valence-electron chi connectivity index (χ1n) is 13.4. The van der Waals surface area contributed by atoms with E-state index in [4.69, 9.17) is 9.47 Å². The van der Waals surface area contributed by atoms with Crippen LogP contribution in [-0.4, -0.2) is 66.0 Å². The van der Waals surface area contributed by atoms with E-state index in [0.717, 1.165) is 37.2 Å². The van der Waals surface area contributed by atoms with Crippen LogP contribution in [0.1, 0.15) is 34.7 Å². The standard InChI is InChI=1S/C32H34N2O5/c1-23-7-5-8-24(21-23)22-39-27-13-11-26(12-14-27)30(35)28-29(25-9-3-2-4-10-25)34(32(37)31(28)36)16-6-15-33-17-19-38-20-18-33/h2-5,7-14,21,29,35H,6,15-20,22H2,1H3/t29-/m1/s1. The van der Waals surface area contributed by atoms with Gasteiger partial charge in [0.1, 0.15) is 18.1 Å². The van der Waals surface area contributed by atoms with Gasteiger partial charge in [-0.1, -0.05) is 60.2 Å². The number of hydrogen-bond donors (Lipinski definition) is 1. The van der Waals surface area contributed by atoms with Crippen LogP contribution in [0, 0.1) is 6.92 Å². The molecule has 1 N–H and O–H groups in total. The SMILES string of the molecule is Cc1cccc(COc2ccc(C(O)=C3C(=O)C(=O)N(CCCN4CCOCC4)[C@@H]3c3ccccc3)cc2)c1. The Bertz CT molecular complexity index is 1330. The molecule has 0 spiro atoms. The molecule has 0 saturated carbocycles. The zero-order valence-corrected chi connectivity index (χ0v) is 22.2. The number of benzene rings is 3. The Morgan fingerprint density at radius 3 is 2.41 bits per heavy atom. The third-order valence-corrected chi connectivity index (χ3v) is 7.25. The number of carbonyl (C=O) groups is 2. The predicted octanol–water partition coefficient (Wildman–Crippen LogP) is 4.72. The Morgan fingerprint density at radius 1 is 0.949 bits per heavy atom. The van der Waals surface area contributed by atoms with Gasteiger partial charge in [-0.2, -0.15) is 0 Å². The second-order valence-corrected chi connectivity index (χ2v) is 10.0. The lowest BCUT2D eigenvalue weighted by atomic mass is 9.95. The van der Waals surface area contributed by atoms with Crippen LogP contribution in [0.25, 0.3) is 5.76 Å². The minimum Gasteiger partial charge on any atom is -0.507 e. The van der Waals surface area contributed by atoms with E-state index < -0.39 is 17.7 Å². The molecule has 2 aliphatic rings. The zero-order valence-electron chi connectivity index (χ0n) is 22.2. The van der Waals surface area contributed by atoms with Crippen LogP contribution >= 0.6 is 0 Å². The third kappa shape index (κ3) is 6.21. The van der Waals surface area contributed by atoms with Gasteiger partial charge in [-0.05, 0) is 48.7 Å². The Morgan fingerprint density at radius 2 is 1.69 bits per heavy atom. The second kappa shape index (κ2) is 12.3. The maximum absolute atomic E-state index is 13.3. The Labute approximate surface area is 229 Å². The summed E-state index contributed by atoms with van der Waals surface area (Å²) in [6, 6.07) is 23.9. The molecule has 0 unspecified atom stereocenters. The number of carbonyl (C=O) groups excluding carboxylic acids is 2. The molecule has 2 fully saturated rings. The molecule has 39 heavy (non-hydrogen) atoms. The summed E-state index contributed by atoms with van der Waals surface area (Å²) in [4.78, 5) is 30.4. The van der Waals surface area contributed by atoms with Gasteiger partial charge in [0.2, 0.25) is 0 Å². The molecule has 2 heterocycles. The van der Waals surface area contributed by atoms with Crippen molar-refractivity contribution in [3.63, 3.8) is 0 Å². The minimum absolute atomic E-state index is 0.117. The number of aryl methyl sites for hydroxylation is 1. The molecule has 2 aliphatic heterocycles. The summed E-state index contributed by atoms with van der Waals surface area (Å²) >= 11 is 0. The Balaban J connectivity index is 1.36. The quantitative estimate of drug-likeness (QED) is 0.247. The van der Waals surface area contributed by atoms with Gasteiger partial charge in [0.15, 0.2) is 0 Å². The van der Waals surface area contributed by atoms with Crippen LogP contribution in [0.4, 0.5) is 0 Å². The Hall–Kier alpha value is -3.94. The van der Waals surface area contributed by atoms with Crippen molar-refractivity contribution >= 4 is 17.4 Å². The first-order valence-corrected chi connectivity index (χ1v) is 13.4. The second-order valence-electron chi connectivity index (χ2n) is 10.0. The van der Waals surface area contributed by atoms with Crippen LogP contribution < -0.4 is 4.74 Å². The normalized spacial score (nSPS) is 19.4. The number of aliphatic hydroxyl groups is 1. The van der Waals surface area contributed by atoms with Crippen LogP contribution in [0.2, 0.25) is 0 Å². The molecule has 7 nitrogen and oxygen atoms in total. The van der Waals surface area contributed by atoms with Crippen molar-refractivity contribution in [1.82, 2.24) is 9.80 Å². The lowest BCUT2D eigenvalue weighted by molar-refractivity contribution is -0.140. The fourth-order valence-corrected chi connectivity index (χ4v) is 5.22. The van der Waals surface area contributed by atoms with Gasteiger partial charge in [-0.15, -0.1) is 0 Å². The highest BCUT2D eigenvalue weighted by atomic mass is 16.5. The van der Waals surface area contributed by atoms with Crippen molar-refractivity contribution in [2.24, 2.45) is 0 Å². The van der Waals surface area contributed by atoms with E-state index in [1.165, 1.54) is 5.56 Å². The maximum Gasteiger partial charge on any atom is 0.295 e. The van der Waals surface area contributed by atoms with Crippen LogP contribution in [-0.2, 0) is 20.9 Å². The number of nitrogens with zero attached hydrogens (tertiary/aromatic N) is 2. The summed E-state index contributed by atoms with van der Waals surface area (Å²) in [5.41, 5.74) is 3.61. The van der Waals surface area contributed by atoms with Gasteiger partial charge in [0.25, 0.3) is 11.7 Å². The molecular weight excluding hydrogens is 492 g/mol. The molecule has 1 amide bonds. The number of likely N-dealkylation sites (tertiary alicyclic amines) is 1. The number of amides is 1. The molecule has 3 aromatic carbocycles. The predicted molar refractivity (Wildman–Crippen MR) is 149 cm³/mol. The fraction of sp³-hybridized carbons (Fsp3) is 0.312. The van der Waals surface area contributed by atoms with Crippen molar-refractivity contribution in [1.29, 1.82) is 0 Å². The molecule has 1 atom stereocenters. The van der Waals surface area contributed by atoms with Crippen molar-refractivity contribution in [2.75, 3.05) is 39.4 Å². The van der Waals surface area contributed by atoms with Crippen molar-refractivity contribution < 1.29 is 24.2 Å². The van der Waals surface area contributed by atoms with E-state index in [0.29, 0.717) is 37.7 Å². The van der Waals surface area contributed by atoms with Gasteiger partial charge in [0, 0.05) is 31.7 Å². The van der Waals surface area contributed by atoms with E-state index >= 15 is 0 Å². The first kappa shape index (κ1) is 26.7. The third-order valence-electron chi connectivity index (χ3n) is 7.25. The number of ether oxygens (including phenoxy) is 2. The summed E-state index contributed by atoms with van der Waals surface area (Å²) in [5, 5.41) is 11.3. The van der Waals surface area contributed by atoms with Gasteiger partial charge in [-0.25, -0.2) is 0 Å². The number of rotatable bonds is 9. The summed E-state index contributed by atoms with van der Waals surface area (Å²) in [6.45, 7) is 6.86. The van der Waals surface area contributed by atoms with Gasteiger partial charge >= 0.3 is 0 Å². The summed E-state index contributed by atoms with van der Waals surface area (Å²) in [7, 11) is 0. The average Bonchev–Trinajstić information content (AvgIpc) is 3.22. The minimum atomic E-state index is -0.660. The lowest BCUT2D eigenvalue weighted by Crippen LogP contribution is -2.38. The maximum atomic E-state index is 13.3. The number of ketones is 1. The van der Waals surface area contributed by atoms with Crippen molar-refractivity contribution in [2.45, 2.75) is 26.0 Å². The molecule has 0 bridgehead atoms. The molecule has 202 valence electrons. The summed E-state index contributed by atoms with van der Waals surface area (Å²) in [6.07, 6.45) is 0.726. The zero-order chi connectivity index (χ0) is 27.2. The van der Waals surface area contributed by atoms with E-state index in [-0.39, 0.29) is 11.3 Å². The highest BCUT2D eigenvalue weighted by Crippen LogP contribution is 2.39. The lowest BCUT2D eigenvalue weighted by Gasteiger charge is -2.29. The van der Waals surface area contributed by atoms with E-state index in [9.17, 15) is 14.7 Å². The number of hydrogen-bond acceptors (Lipinski definition) is 6. The molecule has 0 radical (unpaired) electrons. The highest BCUT2D eigenvalue weighted by Gasteiger charge is 2.45. The fourth-order valence-electron chi connectivity index (χ4n) is 5.22.